The number of aliphatic imine (C=N–C) groups is 1. The monoisotopic (exact) mass is 553 g/mol. The molecule has 4 rings (SSSR count). The molecule has 0 saturated heterocycles. The normalized spacial score (nSPS) is 25.7. The summed E-state index contributed by atoms with van der Waals surface area (Å²) in [6.45, 7) is 5.15. The molecule has 1 heterocycles. The van der Waals surface area contributed by atoms with Crippen LogP contribution in [0.1, 0.15) is 63.1 Å². The highest BCUT2D eigenvalue weighted by Crippen LogP contribution is 2.46. The van der Waals surface area contributed by atoms with E-state index in [4.69, 9.17) is 26.1 Å². The predicted octanol–water partition coefficient (Wildman–Crippen LogP) is 7.23. The smallest absolute Gasteiger partial charge is 0.438 e. The fourth-order valence-corrected chi connectivity index (χ4v) is 6.95. The van der Waals surface area contributed by atoms with Gasteiger partial charge in [0, 0.05) is 24.0 Å². The van der Waals surface area contributed by atoms with Crippen molar-refractivity contribution in [2.24, 2.45) is 22.7 Å². The Balaban J connectivity index is 1.56. The average molecular weight is 554 g/mol. The van der Waals surface area contributed by atoms with Crippen molar-refractivity contribution in [2.75, 3.05) is 27.7 Å². The zero-order valence-corrected chi connectivity index (χ0v) is 24.8. The molecule has 7 heteroatoms. The molecule has 1 aliphatic carbocycles. The summed E-state index contributed by atoms with van der Waals surface area (Å²) in [7, 11) is 5.70. The topological polar surface area (TPSA) is 54.4 Å². The lowest BCUT2D eigenvalue weighted by Gasteiger charge is -2.45. The molecule has 1 fully saturated rings. The summed E-state index contributed by atoms with van der Waals surface area (Å²) in [6.07, 6.45) is 7.17. The Labute approximate surface area is 239 Å². The summed E-state index contributed by atoms with van der Waals surface area (Å²) in [5.41, 5.74) is 1.66. The molecule has 3 unspecified atom stereocenters. The molecule has 39 heavy (non-hydrogen) atoms. The quantitative estimate of drug-likeness (QED) is 0.290. The van der Waals surface area contributed by atoms with Crippen LogP contribution in [0, 0.1) is 17.8 Å². The van der Waals surface area contributed by atoms with Gasteiger partial charge >= 0.3 is 6.16 Å². The number of methoxy groups -OCH3 is 1. The van der Waals surface area contributed by atoms with Gasteiger partial charge in [-0.05, 0) is 87.2 Å². The van der Waals surface area contributed by atoms with Crippen LogP contribution in [0.4, 0.5) is 4.79 Å². The molecule has 3 atom stereocenters. The molecule has 6 nitrogen and oxygen atoms in total. The lowest BCUT2D eigenvalue weighted by Crippen LogP contribution is -2.54. The van der Waals surface area contributed by atoms with Gasteiger partial charge in [0.05, 0.1) is 19.5 Å². The number of hydrogen-bond acceptors (Lipinski definition) is 6. The lowest BCUT2D eigenvalue weighted by molar-refractivity contribution is -0.0814. The summed E-state index contributed by atoms with van der Waals surface area (Å²) in [5, 5.41) is 0.767. The number of nitrogens with zero attached hydrogens (tertiary/aromatic N) is 3. The van der Waals surface area contributed by atoms with Crippen molar-refractivity contribution in [2.45, 2.75) is 70.2 Å². The molecule has 0 bridgehead atoms. The Morgan fingerprint density at radius 1 is 1.08 bits per heavy atom. The highest BCUT2D eigenvalue weighted by molar-refractivity contribution is 6.30. The average Bonchev–Trinajstić information content (AvgIpc) is 3.26. The Morgan fingerprint density at radius 2 is 1.74 bits per heavy atom. The molecule has 2 aromatic carbocycles. The first-order valence-electron chi connectivity index (χ1n) is 14.3. The first-order valence-corrected chi connectivity index (χ1v) is 14.6. The highest BCUT2D eigenvalue weighted by atomic mass is 35.5. The van der Waals surface area contributed by atoms with Crippen molar-refractivity contribution in [1.29, 1.82) is 0 Å². The second-order valence-corrected chi connectivity index (χ2v) is 12.2. The van der Waals surface area contributed by atoms with E-state index in [0.717, 1.165) is 43.7 Å². The van der Waals surface area contributed by atoms with Gasteiger partial charge in [-0.3, -0.25) is 0 Å². The molecule has 1 saturated carbocycles. The first kappa shape index (κ1) is 29.4. The van der Waals surface area contributed by atoms with E-state index in [2.05, 4.69) is 74.1 Å². The van der Waals surface area contributed by atoms with E-state index in [1.54, 1.807) is 0 Å². The standard InChI is InChI=1S/C32H44ClN3O3/c1-23(2)21-32(39-31(37)38-5)30(36(22-34-32)20-19-24-9-7-6-8-10-24)27-13-11-25(12-14-27)29(35(3)4)26-15-17-28(33)18-16-26/h6-10,15-18,22-23,25,27,29-30H,11-14,19-21H2,1-5H3. The van der Waals surface area contributed by atoms with Gasteiger partial charge in [0.15, 0.2) is 0 Å². The largest absolute Gasteiger partial charge is 0.510 e. The minimum Gasteiger partial charge on any atom is -0.438 e. The van der Waals surface area contributed by atoms with Crippen LogP contribution >= 0.6 is 11.6 Å². The molecule has 0 aromatic heterocycles. The van der Waals surface area contributed by atoms with Crippen molar-refractivity contribution in [3.05, 3.63) is 70.7 Å². The van der Waals surface area contributed by atoms with E-state index in [1.165, 1.54) is 18.2 Å². The predicted molar refractivity (Wildman–Crippen MR) is 158 cm³/mol. The maximum absolute atomic E-state index is 12.5. The summed E-state index contributed by atoms with van der Waals surface area (Å²) in [4.78, 5) is 22.1. The molecule has 2 aromatic rings. The van der Waals surface area contributed by atoms with Crippen LogP contribution in [0.2, 0.25) is 5.02 Å². The van der Waals surface area contributed by atoms with E-state index in [0.29, 0.717) is 30.2 Å². The number of carbonyl (C=O) groups excluding carboxylic acids is 1. The van der Waals surface area contributed by atoms with Crippen LogP contribution in [0.5, 0.6) is 0 Å². The summed E-state index contributed by atoms with van der Waals surface area (Å²) in [6, 6.07) is 19.2. The van der Waals surface area contributed by atoms with E-state index in [9.17, 15) is 4.79 Å². The van der Waals surface area contributed by atoms with Crippen molar-refractivity contribution < 1.29 is 14.3 Å². The number of rotatable bonds is 10. The molecule has 2 aliphatic rings. The molecular formula is C32H44ClN3O3. The van der Waals surface area contributed by atoms with E-state index >= 15 is 0 Å². The van der Waals surface area contributed by atoms with E-state index in [-0.39, 0.29) is 6.04 Å². The number of benzene rings is 2. The maximum atomic E-state index is 12.5. The third-order valence-electron chi connectivity index (χ3n) is 8.35. The minimum absolute atomic E-state index is 0.0167. The van der Waals surface area contributed by atoms with Crippen LogP contribution in [0.25, 0.3) is 0 Å². The second-order valence-electron chi connectivity index (χ2n) is 11.8. The highest BCUT2D eigenvalue weighted by Gasteiger charge is 2.53. The third-order valence-corrected chi connectivity index (χ3v) is 8.60. The van der Waals surface area contributed by atoms with Gasteiger partial charge in [0.25, 0.3) is 0 Å². The van der Waals surface area contributed by atoms with Gasteiger partial charge in [0.1, 0.15) is 0 Å². The van der Waals surface area contributed by atoms with Crippen molar-refractivity contribution in [3.63, 3.8) is 0 Å². The summed E-state index contributed by atoms with van der Waals surface area (Å²) in [5.74, 6) is 1.21. The van der Waals surface area contributed by atoms with Gasteiger partial charge in [-0.15, -0.1) is 0 Å². The SMILES string of the molecule is COC(=O)OC1(CC(C)C)N=CN(CCc2ccccc2)C1C1CCC(C(c2ccc(Cl)cc2)N(C)C)CC1. The lowest BCUT2D eigenvalue weighted by atomic mass is 9.71. The molecule has 0 spiro atoms. The Bertz CT molecular complexity index is 1080. The number of hydrogen-bond donors (Lipinski definition) is 0. The van der Waals surface area contributed by atoms with Crippen LogP contribution in [-0.2, 0) is 15.9 Å². The maximum Gasteiger partial charge on any atom is 0.510 e. The van der Waals surface area contributed by atoms with Gasteiger partial charge in [-0.25, -0.2) is 9.79 Å². The van der Waals surface area contributed by atoms with Crippen molar-refractivity contribution in [1.82, 2.24) is 9.80 Å². The van der Waals surface area contributed by atoms with Crippen molar-refractivity contribution in [3.8, 4) is 0 Å². The first-order chi connectivity index (χ1) is 18.7. The molecule has 1 aliphatic heterocycles. The fraction of sp³-hybridized carbons (Fsp3) is 0.562. The van der Waals surface area contributed by atoms with Crippen LogP contribution in [0.3, 0.4) is 0 Å². The Kier molecular flexibility index (Phi) is 9.95. The number of carbonyl (C=O) groups is 1. The van der Waals surface area contributed by atoms with Gasteiger partial charge in [-0.2, -0.15) is 0 Å². The molecule has 212 valence electrons. The molecule has 0 radical (unpaired) electrons. The third kappa shape index (κ3) is 7.15. The van der Waals surface area contributed by atoms with Crippen LogP contribution in [0.15, 0.2) is 59.6 Å². The molecular weight excluding hydrogens is 510 g/mol. The van der Waals surface area contributed by atoms with Gasteiger partial charge in [-0.1, -0.05) is 67.9 Å². The van der Waals surface area contributed by atoms with Crippen molar-refractivity contribution >= 4 is 24.1 Å². The zero-order chi connectivity index (χ0) is 28.0. The van der Waals surface area contributed by atoms with Gasteiger partial charge in [0.2, 0.25) is 5.72 Å². The van der Waals surface area contributed by atoms with E-state index < -0.39 is 11.9 Å². The number of ether oxygens (including phenoxy) is 2. The van der Waals surface area contributed by atoms with Gasteiger partial charge < -0.3 is 19.3 Å². The summed E-state index contributed by atoms with van der Waals surface area (Å²) < 4.78 is 11.1. The number of halogens is 1. The van der Waals surface area contributed by atoms with Crippen LogP contribution < -0.4 is 0 Å². The Hall–Kier alpha value is -2.57. The van der Waals surface area contributed by atoms with E-state index in [1.807, 2.05) is 24.5 Å². The fourth-order valence-electron chi connectivity index (χ4n) is 6.82. The molecule has 0 amide bonds. The second kappa shape index (κ2) is 13.2. The molecule has 0 N–H and O–H groups in total. The summed E-state index contributed by atoms with van der Waals surface area (Å²) >= 11 is 6.19. The van der Waals surface area contributed by atoms with Crippen LogP contribution in [-0.4, -0.2) is 61.8 Å². The minimum atomic E-state index is -0.938. The zero-order valence-electron chi connectivity index (χ0n) is 24.1. The Morgan fingerprint density at radius 3 is 2.33 bits per heavy atom.